The highest BCUT2D eigenvalue weighted by Gasteiger charge is 2.05. The average molecular weight is 269 g/mol. The van der Waals surface area contributed by atoms with Crippen molar-refractivity contribution in [3.63, 3.8) is 0 Å². The van der Waals surface area contributed by atoms with Crippen LogP contribution in [0.25, 0.3) is 0 Å². The molecule has 0 radical (unpaired) electrons. The van der Waals surface area contributed by atoms with Crippen LogP contribution in [0.3, 0.4) is 0 Å². The Bertz CT molecular complexity index is 319. The van der Waals surface area contributed by atoms with E-state index in [1.165, 1.54) is 10.7 Å². The van der Waals surface area contributed by atoms with Crippen molar-refractivity contribution in [3.05, 3.63) is 16.1 Å². The Labute approximate surface area is 116 Å². The molecule has 0 spiro atoms. The standard InChI is InChI=1S/C14H27N3S/c1-5-17(6-2)8-7-14-16-13(11-18-14)10-15-9-12(3)4/h11-12,15H,5-10H2,1-4H3. The molecule has 0 atom stereocenters. The molecule has 3 nitrogen and oxygen atoms in total. The van der Waals surface area contributed by atoms with E-state index in [4.69, 9.17) is 0 Å². The summed E-state index contributed by atoms with van der Waals surface area (Å²) in [5.41, 5.74) is 1.19. The molecule has 0 bridgehead atoms. The lowest BCUT2D eigenvalue weighted by atomic mass is 10.2. The van der Waals surface area contributed by atoms with Gasteiger partial charge in [-0.1, -0.05) is 27.7 Å². The minimum Gasteiger partial charge on any atom is -0.311 e. The van der Waals surface area contributed by atoms with Crippen LogP contribution in [0.2, 0.25) is 0 Å². The van der Waals surface area contributed by atoms with Crippen LogP contribution in [0.5, 0.6) is 0 Å². The van der Waals surface area contributed by atoms with Gasteiger partial charge in [0.25, 0.3) is 0 Å². The Balaban J connectivity index is 2.29. The highest BCUT2D eigenvalue weighted by atomic mass is 32.1. The van der Waals surface area contributed by atoms with Crippen LogP contribution < -0.4 is 5.32 Å². The molecule has 0 aliphatic carbocycles. The maximum Gasteiger partial charge on any atom is 0.0941 e. The number of likely N-dealkylation sites (N-methyl/N-ethyl adjacent to an activating group) is 1. The summed E-state index contributed by atoms with van der Waals surface area (Å²) in [6.45, 7) is 14.2. The fourth-order valence-corrected chi connectivity index (χ4v) is 2.61. The summed E-state index contributed by atoms with van der Waals surface area (Å²) < 4.78 is 0. The summed E-state index contributed by atoms with van der Waals surface area (Å²) in [4.78, 5) is 7.12. The van der Waals surface area contributed by atoms with Crippen molar-refractivity contribution in [1.82, 2.24) is 15.2 Å². The summed E-state index contributed by atoms with van der Waals surface area (Å²) in [6, 6.07) is 0. The minimum absolute atomic E-state index is 0.700. The van der Waals surface area contributed by atoms with Crippen LogP contribution in [0, 0.1) is 5.92 Å². The molecule has 0 fully saturated rings. The van der Waals surface area contributed by atoms with Gasteiger partial charge < -0.3 is 10.2 Å². The summed E-state index contributed by atoms with van der Waals surface area (Å²) in [5.74, 6) is 0.700. The molecule has 1 heterocycles. The van der Waals surface area contributed by atoms with Gasteiger partial charge >= 0.3 is 0 Å². The zero-order chi connectivity index (χ0) is 13.4. The number of hydrogen-bond acceptors (Lipinski definition) is 4. The van der Waals surface area contributed by atoms with Gasteiger partial charge in [0, 0.05) is 24.9 Å². The quantitative estimate of drug-likeness (QED) is 0.747. The van der Waals surface area contributed by atoms with Gasteiger partial charge in [-0.25, -0.2) is 4.98 Å². The molecule has 1 rings (SSSR count). The number of nitrogens with one attached hydrogen (secondary N) is 1. The SMILES string of the molecule is CCN(CC)CCc1nc(CNCC(C)C)cs1. The predicted octanol–water partition coefficient (Wildman–Crippen LogP) is 2.77. The zero-order valence-electron chi connectivity index (χ0n) is 12.2. The monoisotopic (exact) mass is 269 g/mol. The molecule has 1 aromatic heterocycles. The van der Waals surface area contributed by atoms with E-state index < -0.39 is 0 Å². The maximum atomic E-state index is 4.68. The summed E-state index contributed by atoms with van der Waals surface area (Å²) >= 11 is 1.79. The molecule has 18 heavy (non-hydrogen) atoms. The molecule has 0 aromatic carbocycles. The second-order valence-electron chi connectivity index (χ2n) is 5.03. The fraction of sp³-hybridized carbons (Fsp3) is 0.786. The molecule has 4 heteroatoms. The van der Waals surface area contributed by atoms with Gasteiger partial charge in [-0.05, 0) is 25.6 Å². The summed E-state index contributed by atoms with van der Waals surface area (Å²) in [7, 11) is 0. The van der Waals surface area contributed by atoms with Crippen LogP contribution in [-0.2, 0) is 13.0 Å². The highest BCUT2D eigenvalue weighted by Crippen LogP contribution is 2.11. The van der Waals surface area contributed by atoms with Gasteiger partial charge in [0.2, 0.25) is 0 Å². The summed E-state index contributed by atoms with van der Waals surface area (Å²) in [6.07, 6.45) is 1.08. The largest absolute Gasteiger partial charge is 0.311 e. The molecule has 0 unspecified atom stereocenters. The topological polar surface area (TPSA) is 28.2 Å². The number of aromatic nitrogens is 1. The number of hydrogen-bond donors (Lipinski definition) is 1. The zero-order valence-corrected chi connectivity index (χ0v) is 13.0. The van der Waals surface area contributed by atoms with Crippen molar-refractivity contribution in [2.24, 2.45) is 5.92 Å². The van der Waals surface area contributed by atoms with Crippen LogP contribution in [0.15, 0.2) is 5.38 Å². The van der Waals surface area contributed by atoms with Crippen molar-refractivity contribution in [3.8, 4) is 0 Å². The maximum absolute atomic E-state index is 4.68. The van der Waals surface area contributed by atoms with E-state index in [0.717, 1.165) is 39.1 Å². The van der Waals surface area contributed by atoms with Crippen LogP contribution in [-0.4, -0.2) is 36.1 Å². The first-order valence-corrected chi connectivity index (χ1v) is 7.90. The number of rotatable bonds is 9. The molecular weight excluding hydrogens is 242 g/mol. The molecule has 0 saturated heterocycles. The normalized spacial score (nSPS) is 11.7. The van der Waals surface area contributed by atoms with Crippen molar-refractivity contribution in [1.29, 1.82) is 0 Å². The van der Waals surface area contributed by atoms with Crippen molar-refractivity contribution >= 4 is 11.3 Å². The smallest absolute Gasteiger partial charge is 0.0941 e. The Morgan fingerprint density at radius 2 is 2.06 bits per heavy atom. The van der Waals surface area contributed by atoms with Crippen molar-refractivity contribution in [2.45, 2.75) is 40.7 Å². The Kier molecular flexibility index (Phi) is 7.47. The summed E-state index contributed by atoms with van der Waals surface area (Å²) in [5, 5.41) is 6.89. The van der Waals surface area contributed by atoms with E-state index in [1.54, 1.807) is 11.3 Å². The second-order valence-corrected chi connectivity index (χ2v) is 5.98. The van der Waals surface area contributed by atoms with Crippen LogP contribution in [0.4, 0.5) is 0 Å². The lowest BCUT2D eigenvalue weighted by molar-refractivity contribution is 0.308. The third-order valence-electron chi connectivity index (χ3n) is 2.99. The third kappa shape index (κ3) is 5.94. The Morgan fingerprint density at radius 3 is 2.67 bits per heavy atom. The van der Waals surface area contributed by atoms with E-state index in [1.807, 2.05) is 0 Å². The van der Waals surface area contributed by atoms with E-state index in [0.29, 0.717) is 5.92 Å². The first-order valence-electron chi connectivity index (χ1n) is 7.02. The number of thiazole rings is 1. The van der Waals surface area contributed by atoms with Gasteiger partial charge in [-0.15, -0.1) is 11.3 Å². The van der Waals surface area contributed by atoms with E-state index in [-0.39, 0.29) is 0 Å². The van der Waals surface area contributed by atoms with Gasteiger partial charge in [0.15, 0.2) is 0 Å². The average Bonchev–Trinajstić information content (AvgIpc) is 2.78. The van der Waals surface area contributed by atoms with Crippen LogP contribution >= 0.6 is 11.3 Å². The predicted molar refractivity (Wildman–Crippen MR) is 80.2 cm³/mol. The van der Waals surface area contributed by atoms with Crippen molar-refractivity contribution < 1.29 is 0 Å². The lowest BCUT2D eigenvalue weighted by Crippen LogP contribution is -2.25. The molecule has 1 aromatic rings. The Hall–Kier alpha value is -0.450. The highest BCUT2D eigenvalue weighted by molar-refractivity contribution is 7.09. The van der Waals surface area contributed by atoms with Crippen LogP contribution in [0.1, 0.15) is 38.4 Å². The first-order chi connectivity index (χ1) is 8.65. The molecule has 0 aliphatic rings. The molecule has 0 aliphatic heterocycles. The van der Waals surface area contributed by atoms with E-state index in [2.05, 4.69) is 48.3 Å². The molecule has 1 N–H and O–H groups in total. The van der Waals surface area contributed by atoms with Crippen molar-refractivity contribution in [2.75, 3.05) is 26.2 Å². The number of nitrogens with zero attached hydrogens (tertiary/aromatic N) is 2. The van der Waals surface area contributed by atoms with E-state index >= 15 is 0 Å². The van der Waals surface area contributed by atoms with E-state index in [9.17, 15) is 0 Å². The van der Waals surface area contributed by atoms with Gasteiger partial charge in [-0.3, -0.25) is 0 Å². The minimum atomic E-state index is 0.700. The Morgan fingerprint density at radius 1 is 1.33 bits per heavy atom. The lowest BCUT2D eigenvalue weighted by Gasteiger charge is -2.16. The van der Waals surface area contributed by atoms with Gasteiger partial charge in [-0.2, -0.15) is 0 Å². The molecular formula is C14H27N3S. The second kappa shape index (κ2) is 8.62. The van der Waals surface area contributed by atoms with Gasteiger partial charge in [0.1, 0.15) is 0 Å². The molecule has 104 valence electrons. The molecule has 0 saturated carbocycles. The molecule has 0 amide bonds. The third-order valence-corrected chi connectivity index (χ3v) is 3.95. The fourth-order valence-electron chi connectivity index (χ4n) is 1.83. The first kappa shape index (κ1) is 15.6. The van der Waals surface area contributed by atoms with Gasteiger partial charge in [0.05, 0.1) is 10.7 Å².